The van der Waals surface area contributed by atoms with Crippen LogP contribution in [0.5, 0.6) is 0 Å². The first kappa shape index (κ1) is 14.6. The van der Waals surface area contributed by atoms with Gasteiger partial charge in [0.05, 0.1) is 10.5 Å². The van der Waals surface area contributed by atoms with E-state index in [9.17, 15) is 13.2 Å². The third-order valence-corrected chi connectivity index (χ3v) is 2.43. The molecule has 16 heavy (non-hydrogen) atoms. The Morgan fingerprint density at radius 2 is 1.69 bits per heavy atom. The monoisotopic (exact) mass is 246 g/mol. The second-order valence-electron chi connectivity index (χ2n) is 2.81. The topological polar surface area (TPSA) is 91.7 Å². The molecule has 1 aromatic carbocycles. The van der Waals surface area contributed by atoms with Gasteiger partial charge in [-0.05, 0) is 30.7 Å². The Morgan fingerprint density at radius 1 is 1.19 bits per heavy atom. The van der Waals surface area contributed by atoms with E-state index in [1.165, 1.54) is 12.1 Å². The number of benzene rings is 1. The van der Waals surface area contributed by atoms with Gasteiger partial charge in [-0.25, -0.2) is 4.79 Å². The maximum absolute atomic E-state index is 10.7. The van der Waals surface area contributed by atoms with Gasteiger partial charge in [-0.2, -0.15) is 8.42 Å². The molecule has 0 aliphatic heterocycles. The summed E-state index contributed by atoms with van der Waals surface area (Å²) in [6, 6.07) is 3.42. The van der Waals surface area contributed by atoms with Crippen molar-refractivity contribution in [3.8, 4) is 0 Å². The molecule has 5 nitrogen and oxygen atoms in total. The third kappa shape index (κ3) is 4.00. The fourth-order valence-corrected chi connectivity index (χ4v) is 1.63. The minimum atomic E-state index is -4.34. The average molecular weight is 246 g/mol. The maximum atomic E-state index is 10.7. The molecule has 90 valence electrons. The molecule has 1 aromatic rings. The lowest BCUT2D eigenvalue weighted by Crippen LogP contribution is -2.03. The number of hydrogen-bond donors (Lipinski definition) is 2. The van der Waals surface area contributed by atoms with Gasteiger partial charge >= 0.3 is 5.97 Å². The van der Waals surface area contributed by atoms with E-state index in [2.05, 4.69) is 0 Å². The van der Waals surface area contributed by atoms with Crippen LogP contribution in [0.2, 0.25) is 0 Å². The van der Waals surface area contributed by atoms with Crippen molar-refractivity contribution in [1.82, 2.24) is 0 Å². The Morgan fingerprint density at radius 3 is 2.06 bits per heavy atom. The number of carboxylic acid groups (broad SMARTS) is 1. The van der Waals surface area contributed by atoms with Crippen LogP contribution in [0, 0.1) is 6.92 Å². The number of aromatic carboxylic acids is 1. The predicted octanol–water partition coefficient (Wildman–Crippen LogP) is 1.97. The van der Waals surface area contributed by atoms with Crippen LogP contribution in [-0.4, -0.2) is 24.0 Å². The molecular weight excluding hydrogens is 232 g/mol. The molecule has 1 rings (SSSR count). The number of carboxylic acids is 1. The van der Waals surface area contributed by atoms with Gasteiger partial charge in [0.2, 0.25) is 0 Å². The van der Waals surface area contributed by atoms with Gasteiger partial charge in [0.15, 0.2) is 0 Å². The van der Waals surface area contributed by atoms with Crippen molar-refractivity contribution < 1.29 is 22.9 Å². The molecule has 2 N–H and O–H groups in total. The summed E-state index contributed by atoms with van der Waals surface area (Å²) in [5.74, 6) is -1.24. The van der Waals surface area contributed by atoms with Crippen molar-refractivity contribution in [3.05, 3.63) is 29.3 Å². The summed E-state index contributed by atoms with van der Waals surface area (Å²) in [4.78, 5) is 10.1. The SMILES string of the molecule is CC.Cc1cc(C(=O)O)cc(S(=O)(=O)O)c1. The van der Waals surface area contributed by atoms with E-state index >= 15 is 0 Å². The molecule has 0 aliphatic carbocycles. The van der Waals surface area contributed by atoms with Gasteiger partial charge in [-0.3, -0.25) is 4.55 Å². The lowest BCUT2D eigenvalue weighted by molar-refractivity contribution is 0.0696. The first-order chi connectivity index (χ1) is 7.30. The van der Waals surface area contributed by atoms with E-state index in [0.29, 0.717) is 5.56 Å². The molecule has 0 fully saturated rings. The van der Waals surface area contributed by atoms with Crippen LogP contribution in [0.3, 0.4) is 0 Å². The molecule has 0 heterocycles. The first-order valence-electron chi connectivity index (χ1n) is 4.63. The largest absolute Gasteiger partial charge is 0.478 e. The third-order valence-electron chi connectivity index (χ3n) is 1.60. The molecule has 0 radical (unpaired) electrons. The quantitative estimate of drug-likeness (QED) is 0.778. The Hall–Kier alpha value is -1.40. The van der Waals surface area contributed by atoms with Crippen LogP contribution >= 0.6 is 0 Å². The van der Waals surface area contributed by atoms with E-state index in [0.717, 1.165) is 6.07 Å². The molecule has 0 bridgehead atoms. The summed E-state index contributed by atoms with van der Waals surface area (Å²) in [5, 5.41) is 8.62. The van der Waals surface area contributed by atoms with Crippen LogP contribution in [0.1, 0.15) is 29.8 Å². The second-order valence-corrected chi connectivity index (χ2v) is 4.24. The molecule has 0 amide bonds. The van der Waals surface area contributed by atoms with Gasteiger partial charge in [0.25, 0.3) is 10.1 Å². The molecule has 0 unspecified atom stereocenters. The summed E-state index contributed by atoms with van der Waals surface area (Å²) in [6.07, 6.45) is 0. The molecule has 6 heteroatoms. The maximum Gasteiger partial charge on any atom is 0.335 e. The molecule has 0 aliphatic rings. The average Bonchev–Trinajstić information content (AvgIpc) is 2.18. The van der Waals surface area contributed by atoms with Gasteiger partial charge in [0.1, 0.15) is 0 Å². The van der Waals surface area contributed by atoms with E-state index in [4.69, 9.17) is 9.66 Å². The van der Waals surface area contributed by atoms with Crippen LogP contribution in [0.15, 0.2) is 23.1 Å². The van der Waals surface area contributed by atoms with Gasteiger partial charge in [-0.15, -0.1) is 0 Å². The fourth-order valence-electron chi connectivity index (χ4n) is 1.02. The van der Waals surface area contributed by atoms with Crippen molar-refractivity contribution in [2.45, 2.75) is 25.7 Å². The minimum absolute atomic E-state index is 0.169. The molecule has 0 saturated heterocycles. The highest BCUT2D eigenvalue weighted by atomic mass is 32.2. The van der Waals surface area contributed by atoms with Crippen LogP contribution in [-0.2, 0) is 10.1 Å². The molecule has 0 saturated carbocycles. The number of rotatable bonds is 2. The highest BCUT2D eigenvalue weighted by Crippen LogP contribution is 2.14. The van der Waals surface area contributed by atoms with E-state index < -0.39 is 21.0 Å². The van der Waals surface area contributed by atoms with Crippen LogP contribution in [0.4, 0.5) is 0 Å². The Balaban J connectivity index is 0.00000106. The lowest BCUT2D eigenvalue weighted by Gasteiger charge is -2.01. The normalized spacial score (nSPS) is 10.2. The van der Waals surface area contributed by atoms with Crippen LogP contribution in [0.25, 0.3) is 0 Å². The fraction of sp³-hybridized carbons (Fsp3) is 0.300. The standard InChI is InChI=1S/C8H8O5S.C2H6/c1-5-2-6(8(9)10)4-7(3-5)14(11,12)13;1-2/h2-4H,1H3,(H,9,10)(H,11,12,13);1-2H3. The van der Waals surface area contributed by atoms with E-state index in [1.807, 2.05) is 13.8 Å². The summed E-state index contributed by atoms with van der Waals surface area (Å²) in [6.45, 7) is 5.54. The zero-order valence-corrected chi connectivity index (χ0v) is 10.1. The van der Waals surface area contributed by atoms with Crippen LogP contribution < -0.4 is 0 Å². The smallest absolute Gasteiger partial charge is 0.335 e. The van der Waals surface area contributed by atoms with E-state index in [1.54, 1.807) is 6.92 Å². The van der Waals surface area contributed by atoms with Gasteiger partial charge in [0, 0.05) is 0 Å². The highest BCUT2D eigenvalue weighted by molar-refractivity contribution is 7.85. The summed E-state index contributed by atoms with van der Waals surface area (Å²) >= 11 is 0. The summed E-state index contributed by atoms with van der Waals surface area (Å²) < 4.78 is 30.1. The zero-order chi connectivity index (χ0) is 12.9. The predicted molar refractivity (Wildman–Crippen MR) is 59.3 cm³/mol. The summed E-state index contributed by atoms with van der Waals surface area (Å²) in [5.41, 5.74) is 0.287. The molecule has 0 aromatic heterocycles. The minimum Gasteiger partial charge on any atom is -0.478 e. The molecule has 0 spiro atoms. The first-order valence-corrected chi connectivity index (χ1v) is 6.07. The Labute approximate surface area is 94.5 Å². The number of hydrogen-bond acceptors (Lipinski definition) is 3. The zero-order valence-electron chi connectivity index (χ0n) is 9.26. The number of carbonyl (C=O) groups is 1. The van der Waals surface area contributed by atoms with E-state index in [-0.39, 0.29) is 5.56 Å². The van der Waals surface area contributed by atoms with Gasteiger partial charge < -0.3 is 5.11 Å². The Bertz CT molecular complexity index is 476. The van der Waals surface area contributed by atoms with Crippen molar-refractivity contribution in [3.63, 3.8) is 0 Å². The summed E-state index contributed by atoms with van der Waals surface area (Å²) in [7, 11) is -4.34. The number of aryl methyl sites for hydroxylation is 1. The van der Waals surface area contributed by atoms with Gasteiger partial charge in [-0.1, -0.05) is 13.8 Å². The Kier molecular flexibility index (Phi) is 5.13. The second kappa shape index (κ2) is 5.62. The highest BCUT2D eigenvalue weighted by Gasteiger charge is 2.13. The molecule has 0 atom stereocenters. The van der Waals surface area contributed by atoms with Crippen molar-refractivity contribution >= 4 is 16.1 Å². The van der Waals surface area contributed by atoms with Crippen molar-refractivity contribution in [1.29, 1.82) is 0 Å². The lowest BCUT2D eigenvalue weighted by atomic mass is 10.1. The molecular formula is C10H14O5S. The van der Waals surface area contributed by atoms with Crippen molar-refractivity contribution in [2.75, 3.05) is 0 Å². The van der Waals surface area contributed by atoms with Crippen molar-refractivity contribution in [2.24, 2.45) is 0 Å².